The van der Waals surface area contributed by atoms with Crippen LogP contribution in [0.5, 0.6) is 0 Å². The summed E-state index contributed by atoms with van der Waals surface area (Å²) in [6.07, 6.45) is 2.35. The molecule has 0 saturated heterocycles. The molecule has 0 unspecified atom stereocenters. The zero-order chi connectivity index (χ0) is 14.0. The van der Waals surface area contributed by atoms with Crippen molar-refractivity contribution in [1.82, 2.24) is 9.88 Å². The van der Waals surface area contributed by atoms with E-state index in [1.165, 1.54) is 12.8 Å². The monoisotopic (exact) mass is 265 g/mol. The number of nitrogens with zero attached hydrogens (tertiary/aromatic N) is 1. The molecule has 0 bridgehead atoms. The lowest BCUT2D eigenvalue weighted by atomic mass is 10.3. The van der Waals surface area contributed by atoms with Gasteiger partial charge in [0.1, 0.15) is 5.69 Å². The summed E-state index contributed by atoms with van der Waals surface area (Å²) in [5.74, 6) is -0.466. The van der Waals surface area contributed by atoms with Gasteiger partial charge in [-0.05, 0) is 38.7 Å². The Labute approximate surface area is 111 Å². The van der Waals surface area contributed by atoms with Gasteiger partial charge < -0.3 is 20.3 Å². The Hall–Kier alpha value is -1.98. The first-order valence-corrected chi connectivity index (χ1v) is 6.50. The highest BCUT2D eigenvalue weighted by atomic mass is 16.4. The van der Waals surface area contributed by atoms with E-state index in [2.05, 4.69) is 10.3 Å². The zero-order valence-electron chi connectivity index (χ0n) is 11.2. The van der Waals surface area contributed by atoms with Crippen LogP contribution in [0.2, 0.25) is 0 Å². The van der Waals surface area contributed by atoms with Crippen molar-refractivity contribution in [3.63, 3.8) is 0 Å². The van der Waals surface area contributed by atoms with Crippen molar-refractivity contribution in [3.05, 3.63) is 17.5 Å². The average Bonchev–Trinajstić information content (AvgIpc) is 3.09. The number of hydrogen-bond donors (Lipinski definition) is 3. The fourth-order valence-electron chi connectivity index (χ4n) is 2.02. The number of carbonyl (C=O) groups excluding carboxylic acids is 1. The molecule has 1 aliphatic carbocycles. The number of urea groups is 1. The summed E-state index contributed by atoms with van der Waals surface area (Å²) in [4.78, 5) is 27.6. The van der Waals surface area contributed by atoms with Gasteiger partial charge in [0.05, 0.1) is 5.69 Å². The van der Waals surface area contributed by atoms with Gasteiger partial charge in [-0.3, -0.25) is 0 Å². The molecule has 1 fully saturated rings. The molecule has 2 amide bonds. The van der Waals surface area contributed by atoms with E-state index in [0.29, 0.717) is 23.8 Å². The SMILES string of the molecule is CCN(CC1CC1)C(=O)Nc1cc(C)[nH]c1C(=O)O. The summed E-state index contributed by atoms with van der Waals surface area (Å²) in [7, 11) is 0. The van der Waals surface area contributed by atoms with E-state index in [1.807, 2.05) is 6.92 Å². The van der Waals surface area contributed by atoms with Crippen LogP contribution in [-0.4, -0.2) is 40.1 Å². The predicted octanol–water partition coefficient (Wildman–Crippen LogP) is 2.29. The lowest BCUT2D eigenvalue weighted by molar-refractivity contribution is 0.0692. The Bertz CT molecular complexity index is 491. The maximum absolute atomic E-state index is 12.1. The van der Waals surface area contributed by atoms with Gasteiger partial charge in [0.25, 0.3) is 0 Å². The highest BCUT2D eigenvalue weighted by Crippen LogP contribution is 2.30. The number of aryl methyl sites for hydroxylation is 1. The summed E-state index contributed by atoms with van der Waals surface area (Å²) in [6, 6.07) is 1.39. The standard InChI is InChI=1S/C13H19N3O3/c1-3-16(7-9-4-5-9)13(19)15-10-6-8(2)14-11(10)12(17)18/h6,9,14H,3-5,7H2,1-2H3,(H,15,19)(H,17,18). The van der Waals surface area contributed by atoms with Gasteiger partial charge in [0, 0.05) is 18.8 Å². The maximum Gasteiger partial charge on any atom is 0.354 e. The second-order valence-electron chi connectivity index (χ2n) is 4.96. The van der Waals surface area contributed by atoms with Crippen LogP contribution in [0, 0.1) is 12.8 Å². The van der Waals surface area contributed by atoms with Crippen LogP contribution in [0.15, 0.2) is 6.07 Å². The lowest BCUT2D eigenvalue weighted by Gasteiger charge is -2.21. The molecule has 1 aromatic heterocycles. The molecule has 0 aromatic carbocycles. The van der Waals surface area contributed by atoms with E-state index < -0.39 is 5.97 Å². The number of nitrogens with one attached hydrogen (secondary N) is 2. The number of H-pyrrole nitrogens is 1. The molecule has 6 nitrogen and oxygen atoms in total. The first kappa shape index (κ1) is 13.5. The Morgan fingerprint density at radius 2 is 2.21 bits per heavy atom. The van der Waals surface area contributed by atoms with E-state index in [1.54, 1.807) is 17.9 Å². The van der Waals surface area contributed by atoms with Crippen molar-refractivity contribution in [3.8, 4) is 0 Å². The number of hydrogen-bond acceptors (Lipinski definition) is 2. The molecule has 1 saturated carbocycles. The van der Waals surface area contributed by atoms with E-state index >= 15 is 0 Å². The minimum Gasteiger partial charge on any atom is -0.477 e. The molecule has 0 spiro atoms. The molecule has 1 aromatic rings. The molecule has 19 heavy (non-hydrogen) atoms. The third-order valence-electron chi connectivity index (χ3n) is 3.25. The van der Waals surface area contributed by atoms with Gasteiger partial charge >= 0.3 is 12.0 Å². The van der Waals surface area contributed by atoms with Crippen LogP contribution < -0.4 is 5.32 Å². The molecule has 0 radical (unpaired) electrons. The number of aromatic nitrogens is 1. The predicted molar refractivity (Wildman–Crippen MR) is 71.5 cm³/mol. The van der Waals surface area contributed by atoms with Crippen LogP contribution in [-0.2, 0) is 0 Å². The highest BCUT2D eigenvalue weighted by molar-refractivity contribution is 5.99. The Morgan fingerprint density at radius 3 is 2.74 bits per heavy atom. The molecular weight excluding hydrogens is 246 g/mol. The van der Waals surface area contributed by atoms with Crippen LogP contribution in [0.3, 0.4) is 0 Å². The van der Waals surface area contributed by atoms with E-state index in [0.717, 1.165) is 6.54 Å². The normalized spacial score (nSPS) is 14.2. The number of carboxylic acids is 1. The van der Waals surface area contributed by atoms with Crippen LogP contribution >= 0.6 is 0 Å². The number of rotatable bonds is 5. The smallest absolute Gasteiger partial charge is 0.354 e. The summed E-state index contributed by atoms with van der Waals surface area (Å²) in [6.45, 7) is 5.04. The summed E-state index contributed by atoms with van der Waals surface area (Å²) in [5.41, 5.74) is 1.05. The molecule has 0 aliphatic heterocycles. The van der Waals surface area contributed by atoms with Gasteiger partial charge in [0.2, 0.25) is 0 Å². The number of amides is 2. The first-order chi connectivity index (χ1) is 9.01. The van der Waals surface area contributed by atoms with Gasteiger partial charge in [-0.15, -0.1) is 0 Å². The van der Waals surface area contributed by atoms with Crippen molar-refractivity contribution in [2.75, 3.05) is 18.4 Å². The molecule has 2 rings (SSSR count). The van der Waals surface area contributed by atoms with E-state index in [4.69, 9.17) is 5.11 Å². The number of anilines is 1. The molecule has 1 aliphatic rings. The Kier molecular flexibility index (Phi) is 3.78. The number of carbonyl (C=O) groups is 2. The highest BCUT2D eigenvalue weighted by Gasteiger charge is 2.26. The average molecular weight is 265 g/mol. The zero-order valence-corrected chi connectivity index (χ0v) is 11.2. The Morgan fingerprint density at radius 1 is 1.53 bits per heavy atom. The third-order valence-corrected chi connectivity index (χ3v) is 3.25. The fraction of sp³-hybridized carbons (Fsp3) is 0.538. The van der Waals surface area contributed by atoms with Crippen molar-refractivity contribution >= 4 is 17.7 Å². The van der Waals surface area contributed by atoms with Crippen molar-refractivity contribution in [2.24, 2.45) is 5.92 Å². The number of aromatic carboxylic acids is 1. The number of carboxylic acid groups (broad SMARTS) is 1. The van der Waals surface area contributed by atoms with Gasteiger partial charge in [0.15, 0.2) is 0 Å². The molecule has 0 atom stereocenters. The molecule has 6 heteroatoms. The number of aromatic amines is 1. The summed E-state index contributed by atoms with van der Waals surface area (Å²) in [5, 5.41) is 11.7. The second kappa shape index (κ2) is 5.34. The molecule has 1 heterocycles. The quantitative estimate of drug-likeness (QED) is 0.763. The van der Waals surface area contributed by atoms with E-state index in [9.17, 15) is 9.59 Å². The van der Waals surface area contributed by atoms with Crippen molar-refractivity contribution in [1.29, 1.82) is 0 Å². The molecular formula is C13H19N3O3. The van der Waals surface area contributed by atoms with Gasteiger partial charge in [-0.25, -0.2) is 9.59 Å². The third kappa shape index (κ3) is 3.27. The molecule has 3 N–H and O–H groups in total. The minimum atomic E-state index is -1.08. The minimum absolute atomic E-state index is 0.0216. The van der Waals surface area contributed by atoms with Crippen LogP contribution in [0.4, 0.5) is 10.5 Å². The van der Waals surface area contributed by atoms with E-state index in [-0.39, 0.29) is 11.7 Å². The fourth-order valence-corrected chi connectivity index (χ4v) is 2.02. The Balaban J connectivity index is 2.06. The van der Waals surface area contributed by atoms with Gasteiger partial charge in [-0.1, -0.05) is 0 Å². The van der Waals surface area contributed by atoms with Gasteiger partial charge in [-0.2, -0.15) is 0 Å². The maximum atomic E-state index is 12.1. The first-order valence-electron chi connectivity index (χ1n) is 6.50. The van der Waals surface area contributed by atoms with Crippen LogP contribution in [0.1, 0.15) is 35.9 Å². The largest absolute Gasteiger partial charge is 0.477 e. The lowest BCUT2D eigenvalue weighted by Crippen LogP contribution is -2.36. The molecule has 104 valence electrons. The van der Waals surface area contributed by atoms with Crippen LogP contribution in [0.25, 0.3) is 0 Å². The van der Waals surface area contributed by atoms with Crippen molar-refractivity contribution in [2.45, 2.75) is 26.7 Å². The summed E-state index contributed by atoms with van der Waals surface area (Å²) >= 11 is 0. The topological polar surface area (TPSA) is 85.4 Å². The second-order valence-corrected chi connectivity index (χ2v) is 4.96. The summed E-state index contributed by atoms with van der Waals surface area (Å²) < 4.78 is 0. The van der Waals surface area contributed by atoms with Crippen molar-refractivity contribution < 1.29 is 14.7 Å².